The number of amides is 1. The molecule has 5 nitrogen and oxygen atoms in total. The van der Waals surface area contributed by atoms with Gasteiger partial charge >= 0.3 is 0 Å². The van der Waals surface area contributed by atoms with Crippen molar-refractivity contribution >= 4 is 16.8 Å². The van der Waals surface area contributed by atoms with Crippen LogP contribution in [0.4, 0.5) is 0 Å². The van der Waals surface area contributed by atoms with Crippen LogP contribution in [0.3, 0.4) is 0 Å². The van der Waals surface area contributed by atoms with Crippen LogP contribution in [0.25, 0.3) is 22.0 Å². The molecule has 1 fully saturated rings. The first-order valence-electron chi connectivity index (χ1n) is 7.99. The van der Waals surface area contributed by atoms with Gasteiger partial charge in [-0.05, 0) is 54.2 Å². The fourth-order valence-electron chi connectivity index (χ4n) is 2.60. The van der Waals surface area contributed by atoms with Crippen molar-refractivity contribution in [2.45, 2.75) is 12.8 Å². The summed E-state index contributed by atoms with van der Waals surface area (Å²) in [6.45, 7) is 0.794. The number of carbonyl (C=O) groups excluding carboxylic acids is 1. The quantitative estimate of drug-likeness (QED) is 0.783. The van der Waals surface area contributed by atoms with Crippen molar-refractivity contribution in [3.63, 3.8) is 0 Å². The molecular formula is C19H17N3O2. The maximum Gasteiger partial charge on any atom is 0.269 e. The van der Waals surface area contributed by atoms with E-state index in [1.807, 2.05) is 42.5 Å². The molecule has 0 unspecified atom stereocenters. The van der Waals surface area contributed by atoms with Gasteiger partial charge in [0.1, 0.15) is 5.75 Å². The third-order valence-corrected chi connectivity index (χ3v) is 4.19. The van der Waals surface area contributed by atoms with E-state index < -0.39 is 5.91 Å². The van der Waals surface area contributed by atoms with Crippen molar-refractivity contribution in [2.24, 2.45) is 11.7 Å². The van der Waals surface area contributed by atoms with Gasteiger partial charge in [0.25, 0.3) is 5.91 Å². The molecule has 2 N–H and O–H groups in total. The first-order chi connectivity index (χ1) is 11.7. The number of rotatable bonds is 5. The highest BCUT2D eigenvalue weighted by Gasteiger charge is 2.21. The Morgan fingerprint density at radius 1 is 1.08 bits per heavy atom. The second-order valence-electron chi connectivity index (χ2n) is 6.15. The van der Waals surface area contributed by atoms with Crippen LogP contribution in [0.1, 0.15) is 23.3 Å². The Morgan fingerprint density at radius 2 is 1.92 bits per heavy atom. The molecule has 1 amide bonds. The number of benzene rings is 2. The molecule has 1 saturated carbocycles. The number of nitrogens with zero attached hydrogens (tertiary/aromatic N) is 2. The Morgan fingerprint density at radius 3 is 2.71 bits per heavy atom. The van der Waals surface area contributed by atoms with E-state index in [1.54, 1.807) is 6.07 Å². The van der Waals surface area contributed by atoms with Crippen molar-refractivity contribution in [2.75, 3.05) is 6.61 Å². The molecule has 0 aliphatic heterocycles. The molecule has 1 aliphatic rings. The van der Waals surface area contributed by atoms with Gasteiger partial charge in [-0.2, -0.15) is 0 Å². The maximum absolute atomic E-state index is 11.2. The average molecular weight is 319 g/mol. The summed E-state index contributed by atoms with van der Waals surface area (Å²) in [4.78, 5) is 11.2. The number of aromatic nitrogens is 2. The van der Waals surface area contributed by atoms with E-state index in [1.165, 1.54) is 12.8 Å². The average Bonchev–Trinajstić information content (AvgIpc) is 3.43. The highest BCUT2D eigenvalue weighted by Crippen LogP contribution is 2.31. The monoisotopic (exact) mass is 319 g/mol. The molecule has 0 bridgehead atoms. The smallest absolute Gasteiger partial charge is 0.269 e. The van der Waals surface area contributed by atoms with Gasteiger partial charge in [0.15, 0.2) is 5.69 Å². The van der Waals surface area contributed by atoms with E-state index in [9.17, 15) is 4.79 Å². The Bertz CT molecular complexity index is 919. The van der Waals surface area contributed by atoms with Gasteiger partial charge < -0.3 is 10.5 Å². The van der Waals surface area contributed by atoms with E-state index in [0.717, 1.165) is 40.3 Å². The summed E-state index contributed by atoms with van der Waals surface area (Å²) in [7, 11) is 0. The Labute approximate surface area is 139 Å². The maximum atomic E-state index is 11.2. The molecule has 3 aromatic rings. The summed E-state index contributed by atoms with van der Waals surface area (Å²) in [6, 6.07) is 15.6. The lowest BCUT2D eigenvalue weighted by molar-refractivity contribution is 0.0995. The molecule has 24 heavy (non-hydrogen) atoms. The summed E-state index contributed by atoms with van der Waals surface area (Å²) in [5.41, 5.74) is 8.23. The lowest BCUT2D eigenvalue weighted by atomic mass is 10.0. The van der Waals surface area contributed by atoms with Crippen LogP contribution in [0.5, 0.6) is 5.75 Å². The lowest BCUT2D eigenvalue weighted by Crippen LogP contribution is -2.13. The van der Waals surface area contributed by atoms with Crippen LogP contribution in [0, 0.1) is 5.92 Å². The fourth-order valence-corrected chi connectivity index (χ4v) is 2.60. The molecule has 0 atom stereocenters. The summed E-state index contributed by atoms with van der Waals surface area (Å²) in [5, 5.41) is 8.80. The second-order valence-corrected chi connectivity index (χ2v) is 6.15. The highest BCUT2D eigenvalue weighted by molar-refractivity contribution is 5.94. The van der Waals surface area contributed by atoms with Gasteiger partial charge in [-0.3, -0.25) is 4.79 Å². The number of ether oxygens (including phenoxy) is 1. The minimum Gasteiger partial charge on any atom is -0.493 e. The number of nitrogens with two attached hydrogens (primary N) is 1. The van der Waals surface area contributed by atoms with Gasteiger partial charge in [-0.25, -0.2) is 0 Å². The number of carbonyl (C=O) groups is 1. The molecule has 0 saturated heterocycles. The molecule has 5 heteroatoms. The van der Waals surface area contributed by atoms with Crippen molar-refractivity contribution in [3.8, 4) is 16.9 Å². The highest BCUT2D eigenvalue weighted by atomic mass is 16.5. The minimum atomic E-state index is -0.575. The Balaban J connectivity index is 1.64. The van der Waals surface area contributed by atoms with E-state index in [0.29, 0.717) is 0 Å². The van der Waals surface area contributed by atoms with Gasteiger partial charge in [-0.15, -0.1) is 10.2 Å². The van der Waals surface area contributed by atoms with Crippen LogP contribution in [0.15, 0.2) is 48.5 Å². The fraction of sp³-hybridized carbons (Fsp3) is 0.211. The van der Waals surface area contributed by atoms with Crippen LogP contribution >= 0.6 is 0 Å². The topological polar surface area (TPSA) is 78.1 Å². The standard InChI is InChI=1S/C19H17N3O2/c20-19(23)18-10-15-7-6-14(9-17(15)21-22-18)13-2-1-3-16(8-13)24-11-12-4-5-12/h1-3,6-10,12H,4-5,11H2,(H2,20,23). The Kier molecular flexibility index (Phi) is 3.61. The minimum absolute atomic E-state index is 0.172. The van der Waals surface area contributed by atoms with Gasteiger partial charge in [0, 0.05) is 5.39 Å². The summed E-state index contributed by atoms with van der Waals surface area (Å²) < 4.78 is 5.84. The van der Waals surface area contributed by atoms with Gasteiger partial charge in [0.2, 0.25) is 0 Å². The van der Waals surface area contributed by atoms with Crippen LogP contribution in [-0.2, 0) is 0 Å². The first-order valence-corrected chi connectivity index (χ1v) is 7.99. The number of fused-ring (bicyclic) bond motifs is 1. The number of hydrogen-bond donors (Lipinski definition) is 1. The van der Waals surface area contributed by atoms with Crippen LogP contribution in [0.2, 0.25) is 0 Å². The van der Waals surface area contributed by atoms with E-state index in [2.05, 4.69) is 10.2 Å². The normalized spacial score (nSPS) is 13.8. The van der Waals surface area contributed by atoms with Crippen LogP contribution < -0.4 is 10.5 Å². The third kappa shape index (κ3) is 3.06. The van der Waals surface area contributed by atoms with E-state index in [4.69, 9.17) is 10.5 Å². The third-order valence-electron chi connectivity index (χ3n) is 4.19. The second kappa shape index (κ2) is 5.92. The predicted molar refractivity (Wildman–Crippen MR) is 91.7 cm³/mol. The largest absolute Gasteiger partial charge is 0.493 e. The molecule has 1 aliphatic carbocycles. The van der Waals surface area contributed by atoms with Crippen LogP contribution in [-0.4, -0.2) is 22.7 Å². The van der Waals surface area contributed by atoms with E-state index >= 15 is 0 Å². The lowest BCUT2D eigenvalue weighted by Gasteiger charge is -2.08. The molecule has 1 aromatic heterocycles. The molecule has 2 aromatic carbocycles. The van der Waals surface area contributed by atoms with Crippen molar-refractivity contribution in [1.82, 2.24) is 10.2 Å². The Hall–Kier alpha value is -2.95. The van der Waals surface area contributed by atoms with Crippen molar-refractivity contribution in [1.29, 1.82) is 0 Å². The van der Waals surface area contributed by atoms with Gasteiger partial charge in [-0.1, -0.05) is 24.3 Å². The molecule has 0 spiro atoms. The first kappa shape index (κ1) is 14.6. The molecule has 4 rings (SSSR count). The SMILES string of the molecule is NC(=O)c1cc2ccc(-c3cccc(OCC4CC4)c3)cc2nn1. The molecule has 0 radical (unpaired) electrons. The zero-order valence-corrected chi connectivity index (χ0v) is 13.1. The zero-order chi connectivity index (χ0) is 16.5. The number of primary amides is 1. The van der Waals surface area contributed by atoms with Crippen molar-refractivity contribution < 1.29 is 9.53 Å². The van der Waals surface area contributed by atoms with Gasteiger partial charge in [0.05, 0.1) is 12.1 Å². The number of hydrogen-bond acceptors (Lipinski definition) is 4. The van der Waals surface area contributed by atoms with E-state index in [-0.39, 0.29) is 5.69 Å². The predicted octanol–water partition coefficient (Wildman–Crippen LogP) is 3.18. The van der Waals surface area contributed by atoms with Crippen molar-refractivity contribution in [3.05, 3.63) is 54.2 Å². The summed E-state index contributed by atoms with van der Waals surface area (Å²) in [5.74, 6) is 1.03. The molecule has 1 heterocycles. The zero-order valence-electron chi connectivity index (χ0n) is 13.1. The summed E-state index contributed by atoms with van der Waals surface area (Å²) in [6.07, 6.45) is 2.55. The summed E-state index contributed by atoms with van der Waals surface area (Å²) >= 11 is 0. The molecule has 120 valence electrons. The molecular weight excluding hydrogens is 302 g/mol.